The summed E-state index contributed by atoms with van der Waals surface area (Å²) in [4.78, 5) is 9.81. The Balaban J connectivity index is 1.73. The Bertz CT molecular complexity index is 826. The molecule has 0 aliphatic carbocycles. The highest BCUT2D eigenvalue weighted by Gasteiger charge is 2.12. The molecule has 0 atom stereocenters. The molecule has 1 aromatic carbocycles. The van der Waals surface area contributed by atoms with E-state index in [1.807, 2.05) is 18.5 Å². The van der Waals surface area contributed by atoms with Gasteiger partial charge in [-0.05, 0) is 62.7 Å². The third-order valence-electron chi connectivity index (χ3n) is 4.40. The molecule has 3 rings (SSSR count). The molecule has 1 N–H and O–H groups in total. The number of nitrogens with one attached hydrogen (secondary N) is 1. The maximum Gasteiger partial charge on any atom is 0.299 e. The van der Waals surface area contributed by atoms with Gasteiger partial charge in [-0.1, -0.05) is 13.0 Å². The molecule has 0 aliphatic heterocycles. The summed E-state index contributed by atoms with van der Waals surface area (Å²) in [5.41, 5.74) is 4.71. The molecular weight excluding hydrogens is 332 g/mol. The van der Waals surface area contributed by atoms with E-state index in [1.54, 1.807) is 0 Å². The fourth-order valence-corrected chi connectivity index (χ4v) is 3.19. The maximum atomic E-state index is 5.99. The lowest BCUT2D eigenvalue weighted by atomic mass is 10.0. The van der Waals surface area contributed by atoms with Gasteiger partial charge >= 0.3 is 0 Å². The third-order valence-corrected chi connectivity index (χ3v) is 4.99. The average molecular weight is 356 g/mol. The van der Waals surface area contributed by atoms with Crippen molar-refractivity contribution in [3.63, 3.8) is 0 Å². The Kier molecular flexibility index (Phi) is 5.50. The first kappa shape index (κ1) is 17.6. The van der Waals surface area contributed by atoms with Crippen molar-refractivity contribution >= 4 is 11.5 Å². The first-order valence-corrected chi connectivity index (χ1v) is 9.27. The summed E-state index contributed by atoms with van der Waals surface area (Å²) in [6.07, 6.45) is 4.79. The summed E-state index contributed by atoms with van der Waals surface area (Å²) in [7, 11) is 2.15. The Morgan fingerprint density at radius 2 is 2.08 bits per heavy atom. The molecule has 2 aromatic heterocycles. The van der Waals surface area contributed by atoms with E-state index >= 15 is 0 Å². The zero-order chi connectivity index (χ0) is 17.8. The first-order chi connectivity index (χ1) is 12.1. The zero-order valence-corrected chi connectivity index (χ0v) is 16.0. The molecule has 0 spiro atoms. The number of aromatic nitrogens is 3. The minimum atomic E-state index is 0.567. The van der Waals surface area contributed by atoms with E-state index in [-0.39, 0.29) is 0 Å². The monoisotopic (exact) mass is 356 g/mol. The number of ether oxygens (including phenoxy) is 1. The molecule has 0 fully saturated rings. The van der Waals surface area contributed by atoms with Crippen molar-refractivity contribution in [1.29, 1.82) is 0 Å². The predicted molar refractivity (Wildman–Crippen MR) is 103 cm³/mol. The SMILES string of the molecule is CCN(C)CCc1cc(C)c(Oc2nc(-c3cc[nH]c3)ns2)cc1C. The van der Waals surface area contributed by atoms with Crippen molar-refractivity contribution in [3.05, 3.63) is 47.3 Å². The lowest BCUT2D eigenvalue weighted by Crippen LogP contribution is -2.20. The fourth-order valence-electron chi connectivity index (χ4n) is 2.62. The molecule has 0 saturated carbocycles. The number of rotatable bonds is 7. The number of nitrogens with zero attached hydrogens (tertiary/aromatic N) is 3. The summed E-state index contributed by atoms with van der Waals surface area (Å²) in [6.45, 7) is 8.53. The highest BCUT2D eigenvalue weighted by Crippen LogP contribution is 2.31. The number of H-pyrrole nitrogens is 1. The van der Waals surface area contributed by atoms with Gasteiger partial charge in [0.25, 0.3) is 5.19 Å². The Morgan fingerprint density at radius 3 is 2.80 bits per heavy atom. The Labute approximate surface area is 152 Å². The van der Waals surface area contributed by atoms with Crippen LogP contribution in [0.15, 0.2) is 30.6 Å². The van der Waals surface area contributed by atoms with Crippen LogP contribution in [0.1, 0.15) is 23.6 Å². The van der Waals surface area contributed by atoms with Crippen molar-refractivity contribution in [2.24, 2.45) is 0 Å². The molecule has 132 valence electrons. The first-order valence-electron chi connectivity index (χ1n) is 8.50. The van der Waals surface area contributed by atoms with Crippen LogP contribution in [0.2, 0.25) is 0 Å². The van der Waals surface area contributed by atoms with Gasteiger partial charge in [0.1, 0.15) is 5.75 Å². The summed E-state index contributed by atoms with van der Waals surface area (Å²) in [6, 6.07) is 6.28. The molecule has 6 heteroatoms. The van der Waals surface area contributed by atoms with Crippen molar-refractivity contribution in [2.75, 3.05) is 20.1 Å². The summed E-state index contributed by atoms with van der Waals surface area (Å²) in [5.74, 6) is 1.54. The lowest BCUT2D eigenvalue weighted by Gasteiger charge is -2.16. The average Bonchev–Trinajstić information content (AvgIpc) is 3.27. The van der Waals surface area contributed by atoms with Crippen LogP contribution >= 0.6 is 11.5 Å². The third kappa shape index (κ3) is 4.27. The van der Waals surface area contributed by atoms with Crippen LogP contribution in [0.4, 0.5) is 0 Å². The molecule has 0 radical (unpaired) electrons. The van der Waals surface area contributed by atoms with E-state index < -0.39 is 0 Å². The number of aromatic amines is 1. The van der Waals surface area contributed by atoms with Gasteiger partial charge in [0.2, 0.25) is 0 Å². The summed E-state index contributed by atoms with van der Waals surface area (Å²) in [5, 5.41) is 0.567. The van der Waals surface area contributed by atoms with Crippen LogP contribution in [0, 0.1) is 13.8 Å². The Hall–Kier alpha value is -2.18. The molecule has 0 amide bonds. The van der Waals surface area contributed by atoms with E-state index in [2.05, 4.69) is 59.2 Å². The zero-order valence-electron chi connectivity index (χ0n) is 15.2. The molecule has 3 aromatic rings. The number of likely N-dealkylation sites (N-methyl/N-ethyl adjacent to an activating group) is 1. The Morgan fingerprint density at radius 1 is 1.24 bits per heavy atom. The van der Waals surface area contributed by atoms with Crippen LogP contribution in [0.5, 0.6) is 10.9 Å². The van der Waals surface area contributed by atoms with Gasteiger partial charge in [-0.3, -0.25) is 0 Å². The predicted octanol–water partition coefficient (Wildman–Crippen LogP) is 4.44. The van der Waals surface area contributed by atoms with Gasteiger partial charge in [-0.15, -0.1) is 0 Å². The summed E-state index contributed by atoms with van der Waals surface area (Å²) < 4.78 is 10.4. The number of hydrogen-bond donors (Lipinski definition) is 1. The number of benzene rings is 1. The second-order valence-corrected chi connectivity index (χ2v) is 6.99. The van der Waals surface area contributed by atoms with Gasteiger partial charge in [-0.2, -0.15) is 9.36 Å². The molecule has 0 aliphatic rings. The number of aryl methyl sites for hydroxylation is 2. The van der Waals surface area contributed by atoms with Gasteiger partial charge in [0, 0.05) is 36.0 Å². The smallest absolute Gasteiger partial charge is 0.299 e. The molecule has 0 bridgehead atoms. The lowest BCUT2D eigenvalue weighted by molar-refractivity contribution is 0.357. The van der Waals surface area contributed by atoms with Crippen LogP contribution in [0.25, 0.3) is 11.4 Å². The van der Waals surface area contributed by atoms with Gasteiger partial charge in [0.15, 0.2) is 5.82 Å². The minimum absolute atomic E-state index is 0.567. The van der Waals surface area contributed by atoms with Gasteiger partial charge < -0.3 is 14.6 Å². The van der Waals surface area contributed by atoms with E-state index in [0.29, 0.717) is 11.0 Å². The second-order valence-electron chi connectivity index (χ2n) is 6.28. The van der Waals surface area contributed by atoms with E-state index in [4.69, 9.17) is 4.74 Å². The quantitative estimate of drug-likeness (QED) is 0.680. The van der Waals surface area contributed by atoms with E-state index in [9.17, 15) is 0 Å². The van der Waals surface area contributed by atoms with Crippen LogP contribution in [-0.2, 0) is 6.42 Å². The second kappa shape index (κ2) is 7.80. The molecule has 5 nitrogen and oxygen atoms in total. The number of hydrogen-bond acceptors (Lipinski definition) is 5. The topological polar surface area (TPSA) is 54.0 Å². The molecule has 0 unspecified atom stereocenters. The molecule has 25 heavy (non-hydrogen) atoms. The van der Waals surface area contributed by atoms with Crippen LogP contribution in [-0.4, -0.2) is 39.4 Å². The molecule has 0 saturated heterocycles. The van der Waals surface area contributed by atoms with Crippen molar-refractivity contribution in [1.82, 2.24) is 19.2 Å². The fraction of sp³-hybridized carbons (Fsp3) is 0.368. The minimum Gasteiger partial charge on any atom is -0.430 e. The maximum absolute atomic E-state index is 5.99. The van der Waals surface area contributed by atoms with Crippen molar-refractivity contribution < 1.29 is 4.74 Å². The van der Waals surface area contributed by atoms with Crippen molar-refractivity contribution in [3.8, 4) is 22.3 Å². The highest BCUT2D eigenvalue weighted by atomic mass is 32.1. The standard InChI is InChI=1S/C19H24N4OS/c1-5-23(4)9-7-15-10-14(3)17(11-13(15)2)24-19-21-18(22-25-19)16-6-8-20-12-16/h6,8,10-12,20H,5,7,9H2,1-4H3. The summed E-state index contributed by atoms with van der Waals surface area (Å²) >= 11 is 1.27. The van der Waals surface area contributed by atoms with Crippen LogP contribution in [0.3, 0.4) is 0 Å². The van der Waals surface area contributed by atoms with E-state index in [0.717, 1.165) is 36.4 Å². The van der Waals surface area contributed by atoms with E-state index in [1.165, 1.54) is 22.7 Å². The van der Waals surface area contributed by atoms with Gasteiger partial charge in [-0.25, -0.2) is 0 Å². The molecular formula is C19H24N4OS. The van der Waals surface area contributed by atoms with Crippen molar-refractivity contribution in [2.45, 2.75) is 27.2 Å². The highest BCUT2D eigenvalue weighted by molar-refractivity contribution is 7.07. The van der Waals surface area contributed by atoms with Crippen LogP contribution < -0.4 is 4.74 Å². The molecule has 2 heterocycles. The largest absolute Gasteiger partial charge is 0.430 e. The van der Waals surface area contributed by atoms with Gasteiger partial charge in [0.05, 0.1) is 0 Å². The normalized spacial score (nSPS) is 11.2.